The molecule has 0 fully saturated rings. The maximum atomic E-state index is 13.8. The fourth-order valence-electron chi connectivity index (χ4n) is 1.90. The summed E-state index contributed by atoms with van der Waals surface area (Å²) in [5, 5.41) is 17.8. The van der Waals surface area contributed by atoms with Gasteiger partial charge in [0.25, 0.3) is 0 Å². The van der Waals surface area contributed by atoms with E-state index in [1.165, 1.54) is 4.08 Å². The minimum absolute atomic E-state index is 0.0438. The van der Waals surface area contributed by atoms with Crippen LogP contribution < -0.4 is 0 Å². The molecule has 0 N–H and O–H groups in total. The standard InChI is InChI=1S/C13H3F2IN2O/c14-8-1-2-9(15)12-11(8)10(6(4-17)5-18)7(3-16)13(12)19/h1-3H/b7-3-. The van der Waals surface area contributed by atoms with Crippen molar-refractivity contribution in [2.24, 2.45) is 0 Å². The van der Waals surface area contributed by atoms with Gasteiger partial charge >= 0.3 is 0 Å². The van der Waals surface area contributed by atoms with E-state index in [4.69, 9.17) is 10.5 Å². The van der Waals surface area contributed by atoms with E-state index in [1.807, 2.05) is 0 Å². The number of nitrogens with zero attached hydrogens (tertiary/aromatic N) is 2. The molecule has 6 heteroatoms. The minimum atomic E-state index is -0.873. The zero-order chi connectivity index (χ0) is 14.2. The molecule has 1 aliphatic carbocycles. The van der Waals surface area contributed by atoms with Gasteiger partial charge in [-0.1, -0.05) is 22.6 Å². The van der Waals surface area contributed by atoms with E-state index in [2.05, 4.69) is 0 Å². The highest BCUT2D eigenvalue weighted by molar-refractivity contribution is 14.1. The Morgan fingerprint density at radius 3 is 2.16 bits per heavy atom. The monoisotopic (exact) mass is 368 g/mol. The first-order valence-corrected chi connectivity index (χ1v) is 6.19. The topological polar surface area (TPSA) is 64.7 Å². The Balaban J connectivity index is 3.00. The third-order valence-corrected chi connectivity index (χ3v) is 3.30. The summed E-state index contributed by atoms with van der Waals surface area (Å²) in [7, 11) is 0. The van der Waals surface area contributed by atoms with Gasteiger partial charge in [0.1, 0.15) is 29.3 Å². The van der Waals surface area contributed by atoms with Crippen LogP contribution in [-0.4, -0.2) is 5.78 Å². The summed E-state index contributed by atoms with van der Waals surface area (Å²) in [5.41, 5.74) is -1.35. The minimum Gasteiger partial charge on any atom is -0.288 e. The van der Waals surface area contributed by atoms with Crippen LogP contribution in [0.15, 0.2) is 27.4 Å². The second-order valence-electron chi connectivity index (χ2n) is 3.60. The van der Waals surface area contributed by atoms with Gasteiger partial charge in [0, 0.05) is 16.7 Å². The molecule has 1 aromatic carbocycles. The molecule has 1 aliphatic rings. The summed E-state index contributed by atoms with van der Waals surface area (Å²) in [6.45, 7) is 0. The number of fused-ring (bicyclic) bond motifs is 1. The Bertz CT molecular complexity index is 735. The lowest BCUT2D eigenvalue weighted by atomic mass is 10.0. The predicted octanol–water partition coefficient (Wildman–Crippen LogP) is 3.28. The van der Waals surface area contributed by atoms with Crippen LogP contribution in [-0.2, 0) is 0 Å². The number of benzene rings is 1. The molecule has 0 atom stereocenters. The van der Waals surface area contributed by atoms with Crippen molar-refractivity contribution in [3.63, 3.8) is 0 Å². The van der Waals surface area contributed by atoms with Gasteiger partial charge in [-0.2, -0.15) is 10.5 Å². The molecule has 1 aromatic rings. The maximum Gasteiger partial charge on any atom is 0.197 e. The lowest BCUT2D eigenvalue weighted by Gasteiger charge is -2.02. The average Bonchev–Trinajstić information content (AvgIpc) is 2.70. The Kier molecular flexibility index (Phi) is 3.45. The highest BCUT2D eigenvalue weighted by Gasteiger charge is 2.37. The first kappa shape index (κ1) is 13.4. The van der Waals surface area contributed by atoms with Gasteiger partial charge in [-0.3, -0.25) is 4.79 Å². The Labute approximate surface area is 120 Å². The highest BCUT2D eigenvalue weighted by Crippen LogP contribution is 2.41. The third-order valence-electron chi connectivity index (χ3n) is 2.68. The molecule has 19 heavy (non-hydrogen) atoms. The number of hydrogen-bond donors (Lipinski definition) is 0. The molecular weight excluding hydrogens is 365 g/mol. The number of carbonyl (C=O) groups excluding carboxylic acids is 1. The van der Waals surface area contributed by atoms with Crippen LogP contribution in [0.25, 0.3) is 5.57 Å². The molecule has 0 spiro atoms. The van der Waals surface area contributed by atoms with Crippen LogP contribution in [0.5, 0.6) is 0 Å². The fourth-order valence-corrected chi connectivity index (χ4v) is 2.50. The summed E-state index contributed by atoms with van der Waals surface area (Å²) in [6.07, 6.45) is 0. The molecule has 0 bridgehead atoms. The van der Waals surface area contributed by atoms with E-state index in [1.54, 1.807) is 34.7 Å². The Morgan fingerprint density at radius 1 is 1.16 bits per heavy atom. The molecule has 92 valence electrons. The van der Waals surface area contributed by atoms with Gasteiger partial charge in [-0.15, -0.1) is 0 Å². The number of nitriles is 2. The molecule has 0 amide bonds. The third kappa shape index (κ3) is 1.85. The highest BCUT2D eigenvalue weighted by atomic mass is 127. The van der Waals surface area contributed by atoms with Crippen molar-refractivity contribution in [2.45, 2.75) is 0 Å². The SMILES string of the molecule is N#CC(C#N)=C1/C(=C/I)C(=O)c2c(F)ccc(F)c21. The van der Waals surface area contributed by atoms with Crippen molar-refractivity contribution in [3.05, 3.63) is 50.1 Å². The van der Waals surface area contributed by atoms with E-state index in [0.29, 0.717) is 0 Å². The lowest BCUT2D eigenvalue weighted by molar-refractivity contribution is 0.104. The maximum absolute atomic E-state index is 13.8. The van der Waals surface area contributed by atoms with Crippen molar-refractivity contribution >= 4 is 33.9 Å². The lowest BCUT2D eigenvalue weighted by Crippen LogP contribution is -1.99. The zero-order valence-corrected chi connectivity index (χ0v) is 11.3. The van der Waals surface area contributed by atoms with Crippen molar-refractivity contribution in [3.8, 4) is 12.1 Å². The molecule has 2 rings (SSSR count). The number of carbonyl (C=O) groups is 1. The van der Waals surface area contributed by atoms with Crippen LogP contribution in [0.2, 0.25) is 0 Å². The molecule has 0 aromatic heterocycles. The van der Waals surface area contributed by atoms with Crippen molar-refractivity contribution in [1.82, 2.24) is 0 Å². The second kappa shape index (κ2) is 4.90. The number of ketones is 1. The normalized spacial score (nSPS) is 15.1. The van der Waals surface area contributed by atoms with E-state index < -0.39 is 28.6 Å². The van der Waals surface area contributed by atoms with E-state index in [0.717, 1.165) is 12.1 Å². The van der Waals surface area contributed by atoms with E-state index in [-0.39, 0.29) is 16.7 Å². The average molecular weight is 368 g/mol. The van der Waals surface area contributed by atoms with Gasteiger partial charge in [0.15, 0.2) is 5.78 Å². The molecule has 0 radical (unpaired) electrons. The van der Waals surface area contributed by atoms with Crippen LogP contribution >= 0.6 is 22.6 Å². The first-order chi connectivity index (χ1) is 9.06. The fraction of sp³-hybridized carbons (Fsp3) is 0. The number of rotatable bonds is 0. The van der Waals surface area contributed by atoms with Gasteiger partial charge in [-0.05, 0) is 16.2 Å². The summed E-state index contributed by atoms with van der Waals surface area (Å²) in [5.74, 6) is -2.43. The van der Waals surface area contributed by atoms with E-state index >= 15 is 0 Å². The van der Waals surface area contributed by atoms with Gasteiger partial charge in [0.2, 0.25) is 0 Å². The number of allylic oxidation sites excluding steroid dienone is 3. The predicted molar refractivity (Wildman–Crippen MR) is 70.9 cm³/mol. The van der Waals surface area contributed by atoms with Crippen LogP contribution in [0, 0.1) is 34.3 Å². The van der Waals surface area contributed by atoms with Crippen molar-refractivity contribution < 1.29 is 13.6 Å². The number of hydrogen-bond acceptors (Lipinski definition) is 3. The van der Waals surface area contributed by atoms with Crippen LogP contribution in [0.3, 0.4) is 0 Å². The van der Waals surface area contributed by atoms with Crippen molar-refractivity contribution in [2.75, 3.05) is 0 Å². The smallest absolute Gasteiger partial charge is 0.197 e. The molecule has 0 unspecified atom stereocenters. The van der Waals surface area contributed by atoms with Gasteiger partial charge in [-0.25, -0.2) is 8.78 Å². The quantitative estimate of drug-likeness (QED) is 0.401. The van der Waals surface area contributed by atoms with Gasteiger partial charge < -0.3 is 0 Å². The molecule has 0 heterocycles. The zero-order valence-electron chi connectivity index (χ0n) is 9.17. The first-order valence-electron chi connectivity index (χ1n) is 4.95. The number of Topliss-reactive ketones (excluding diaryl/α,β-unsaturated/α-hetero) is 1. The summed E-state index contributed by atoms with van der Waals surface area (Å²) in [6, 6.07) is 4.91. The molecule has 0 saturated heterocycles. The summed E-state index contributed by atoms with van der Waals surface area (Å²) >= 11 is 1.73. The van der Waals surface area contributed by atoms with Crippen LogP contribution in [0.4, 0.5) is 8.78 Å². The molecule has 0 saturated carbocycles. The Morgan fingerprint density at radius 2 is 1.68 bits per heavy atom. The van der Waals surface area contributed by atoms with Crippen molar-refractivity contribution in [1.29, 1.82) is 10.5 Å². The van der Waals surface area contributed by atoms with Crippen LogP contribution in [0.1, 0.15) is 15.9 Å². The molecular formula is C13H3F2IN2O. The summed E-state index contributed by atoms with van der Waals surface area (Å²) < 4.78 is 28.8. The molecule has 3 nitrogen and oxygen atoms in total. The molecule has 0 aliphatic heterocycles. The largest absolute Gasteiger partial charge is 0.288 e. The Hall–Kier alpha value is -2.06. The second-order valence-corrected chi connectivity index (χ2v) is 4.23. The summed E-state index contributed by atoms with van der Waals surface area (Å²) in [4.78, 5) is 12.0. The number of halogens is 3. The van der Waals surface area contributed by atoms with E-state index in [9.17, 15) is 13.6 Å². The van der Waals surface area contributed by atoms with Gasteiger partial charge in [0.05, 0.1) is 5.56 Å².